The SMILES string of the molecule is CC(CCl)C(=O)NC(CCO)C(C)C. The summed E-state index contributed by atoms with van der Waals surface area (Å²) in [6.07, 6.45) is 0.596. The first-order chi connectivity index (χ1) is 6.52. The first kappa shape index (κ1) is 13.7. The fraction of sp³-hybridized carbons (Fsp3) is 0.900. The molecule has 2 atom stereocenters. The maximum absolute atomic E-state index is 11.5. The molecule has 0 rings (SSSR count). The van der Waals surface area contributed by atoms with Crippen molar-refractivity contribution in [2.24, 2.45) is 11.8 Å². The topological polar surface area (TPSA) is 49.3 Å². The van der Waals surface area contributed by atoms with Crippen molar-refractivity contribution in [3.05, 3.63) is 0 Å². The molecule has 2 N–H and O–H groups in total. The summed E-state index contributed by atoms with van der Waals surface area (Å²) >= 11 is 5.58. The molecule has 0 aliphatic carbocycles. The number of nitrogens with one attached hydrogen (secondary N) is 1. The van der Waals surface area contributed by atoms with Gasteiger partial charge in [0.15, 0.2) is 0 Å². The number of alkyl halides is 1. The van der Waals surface area contributed by atoms with Crippen molar-refractivity contribution >= 4 is 17.5 Å². The molecule has 0 radical (unpaired) electrons. The Morgan fingerprint density at radius 2 is 2.00 bits per heavy atom. The summed E-state index contributed by atoms with van der Waals surface area (Å²) < 4.78 is 0. The fourth-order valence-corrected chi connectivity index (χ4v) is 1.25. The summed E-state index contributed by atoms with van der Waals surface area (Å²) in [6.45, 7) is 5.93. The summed E-state index contributed by atoms with van der Waals surface area (Å²) in [6, 6.07) is 0.0400. The van der Waals surface area contributed by atoms with Gasteiger partial charge in [0.05, 0.1) is 0 Å². The molecule has 0 saturated heterocycles. The highest BCUT2D eigenvalue weighted by Gasteiger charge is 2.18. The third-order valence-corrected chi connectivity index (χ3v) is 2.71. The van der Waals surface area contributed by atoms with E-state index in [0.717, 1.165) is 0 Å². The molecule has 0 heterocycles. The van der Waals surface area contributed by atoms with Crippen molar-refractivity contribution in [3.63, 3.8) is 0 Å². The Morgan fingerprint density at radius 1 is 1.43 bits per heavy atom. The standard InChI is InChI=1S/C10H20ClNO2/c1-7(2)9(4-5-13)12-10(14)8(3)6-11/h7-9,13H,4-6H2,1-3H3,(H,12,14). The number of aliphatic hydroxyl groups excluding tert-OH is 1. The molecule has 0 fully saturated rings. The highest BCUT2D eigenvalue weighted by atomic mass is 35.5. The van der Waals surface area contributed by atoms with Crippen LogP contribution in [0.1, 0.15) is 27.2 Å². The molecule has 3 nitrogen and oxygen atoms in total. The lowest BCUT2D eigenvalue weighted by molar-refractivity contribution is -0.125. The third-order valence-electron chi connectivity index (χ3n) is 2.25. The van der Waals surface area contributed by atoms with Crippen molar-refractivity contribution in [2.75, 3.05) is 12.5 Å². The van der Waals surface area contributed by atoms with Crippen molar-refractivity contribution < 1.29 is 9.90 Å². The minimum absolute atomic E-state index is 0.0350. The molecule has 0 aromatic rings. The molecule has 84 valence electrons. The number of aliphatic hydroxyl groups is 1. The van der Waals surface area contributed by atoms with Crippen LogP contribution in [0.3, 0.4) is 0 Å². The molecular formula is C10H20ClNO2. The number of rotatable bonds is 6. The number of halogens is 1. The molecule has 0 spiro atoms. The summed E-state index contributed by atoms with van der Waals surface area (Å²) in [7, 11) is 0. The van der Waals surface area contributed by atoms with Crippen molar-refractivity contribution in [3.8, 4) is 0 Å². The van der Waals surface area contributed by atoms with Crippen LogP contribution in [-0.4, -0.2) is 29.5 Å². The van der Waals surface area contributed by atoms with E-state index in [1.807, 2.05) is 13.8 Å². The van der Waals surface area contributed by atoms with Gasteiger partial charge in [0.25, 0.3) is 0 Å². The Balaban J connectivity index is 4.08. The Hall–Kier alpha value is -0.280. The molecule has 1 amide bonds. The van der Waals surface area contributed by atoms with Gasteiger partial charge < -0.3 is 10.4 Å². The molecule has 0 bridgehead atoms. The molecule has 0 aromatic heterocycles. The Labute approximate surface area is 90.8 Å². The van der Waals surface area contributed by atoms with Gasteiger partial charge in [0.1, 0.15) is 0 Å². The van der Waals surface area contributed by atoms with Gasteiger partial charge in [-0.05, 0) is 12.3 Å². The minimum Gasteiger partial charge on any atom is -0.396 e. The van der Waals surface area contributed by atoms with Crippen LogP contribution in [0.4, 0.5) is 0 Å². The fourth-order valence-electron chi connectivity index (χ4n) is 1.11. The number of hydrogen-bond donors (Lipinski definition) is 2. The van der Waals surface area contributed by atoms with Crippen molar-refractivity contribution in [2.45, 2.75) is 33.2 Å². The molecule has 0 aliphatic rings. The number of carbonyl (C=O) groups is 1. The van der Waals surface area contributed by atoms with E-state index in [9.17, 15) is 4.79 Å². The highest BCUT2D eigenvalue weighted by molar-refractivity contribution is 6.19. The third kappa shape index (κ3) is 4.82. The van der Waals surface area contributed by atoms with Gasteiger partial charge in [-0.25, -0.2) is 0 Å². The zero-order valence-corrected chi connectivity index (χ0v) is 9.84. The number of carbonyl (C=O) groups excluding carboxylic acids is 1. The second kappa shape index (κ2) is 7.07. The number of amides is 1. The second-order valence-corrected chi connectivity index (χ2v) is 4.24. The van der Waals surface area contributed by atoms with E-state index in [2.05, 4.69) is 5.32 Å². The van der Waals surface area contributed by atoms with Crippen LogP contribution >= 0.6 is 11.6 Å². The quantitative estimate of drug-likeness (QED) is 0.666. The van der Waals surface area contributed by atoms with Crippen molar-refractivity contribution in [1.29, 1.82) is 0 Å². The predicted octanol–water partition coefficient (Wildman–Crippen LogP) is 1.38. The van der Waals surface area contributed by atoms with Gasteiger partial charge >= 0.3 is 0 Å². The number of hydrogen-bond acceptors (Lipinski definition) is 2. The van der Waals surface area contributed by atoms with E-state index in [1.165, 1.54) is 0 Å². The van der Waals surface area contributed by atoms with Crippen LogP contribution in [0.25, 0.3) is 0 Å². The van der Waals surface area contributed by atoms with Gasteiger partial charge in [-0.15, -0.1) is 11.6 Å². The molecule has 14 heavy (non-hydrogen) atoms. The normalized spacial score (nSPS) is 15.3. The first-order valence-corrected chi connectivity index (χ1v) is 5.53. The zero-order valence-electron chi connectivity index (χ0n) is 9.09. The Kier molecular flexibility index (Phi) is 6.93. The van der Waals surface area contributed by atoms with Gasteiger partial charge in [0, 0.05) is 24.4 Å². The van der Waals surface area contributed by atoms with Gasteiger partial charge in [-0.2, -0.15) is 0 Å². The van der Waals surface area contributed by atoms with Gasteiger partial charge in [0.2, 0.25) is 5.91 Å². The van der Waals surface area contributed by atoms with Crippen LogP contribution < -0.4 is 5.32 Å². The summed E-state index contributed by atoms with van der Waals surface area (Å²) in [5.74, 6) is 0.452. The van der Waals surface area contributed by atoms with E-state index in [-0.39, 0.29) is 24.5 Å². The Bertz CT molecular complexity index is 174. The Morgan fingerprint density at radius 3 is 2.36 bits per heavy atom. The van der Waals surface area contributed by atoms with Gasteiger partial charge in [-0.1, -0.05) is 20.8 Å². The van der Waals surface area contributed by atoms with Crippen LogP contribution in [0.15, 0.2) is 0 Å². The molecular weight excluding hydrogens is 202 g/mol. The predicted molar refractivity (Wildman–Crippen MR) is 58.4 cm³/mol. The highest BCUT2D eigenvalue weighted by Crippen LogP contribution is 2.07. The van der Waals surface area contributed by atoms with Crippen LogP contribution in [0, 0.1) is 11.8 Å². The van der Waals surface area contributed by atoms with E-state index in [0.29, 0.717) is 18.2 Å². The lowest BCUT2D eigenvalue weighted by Crippen LogP contribution is -2.42. The molecule has 0 saturated carbocycles. The summed E-state index contributed by atoms with van der Waals surface area (Å²) in [5.41, 5.74) is 0. The monoisotopic (exact) mass is 221 g/mol. The van der Waals surface area contributed by atoms with E-state index in [4.69, 9.17) is 16.7 Å². The first-order valence-electron chi connectivity index (χ1n) is 5.00. The lowest BCUT2D eigenvalue weighted by Gasteiger charge is -2.22. The van der Waals surface area contributed by atoms with E-state index in [1.54, 1.807) is 6.92 Å². The van der Waals surface area contributed by atoms with Gasteiger partial charge in [-0.3, -0.25) is 4.79 Å². The second-order valence-electron chi connectivity index (χ2n) is 3.93. The van der Waals surface area contributed by atoms with Crippen LogP contribution in [0.2, 0.25) is 0 Å². The molecule has 2 unspecified atom stereocenters. The van der Waals surface area contributed by atoms with Crippen molar-refractivity contribution in [1.82, 2.24) is 5.32 Å². The average Bonchev–Trinajstić information content (AvgIpc) is 2.15. The minimum atomic E-state index is -0.170. The largest absolute Gasteiger partial charge is 0.396 e. The van der Waals surface area contributed by atoms with Crippen LogP contribution in [-0.2, 0) is 4.79 Å². The zero-order chi connectivity index (χ0) is 11.1. The van der Waals surface area contributed by atoms with E-state index >= 15 is 0 Å². The maximum Gasteiger partial charge on any atom is 0.224 e. The molecule has 4 heteroatoms. The molecule has 0 aromatic carbocycles. The van der Waals surface area contributed by atoms with Crippen LogP contribution in [0.5, 0.6) is 0 Å². The average molecular weight is 222 g/mol. The lowest BCUT2D eigenvalue weighted by atomic mass is 10.0. The van der Waals surface area contributed by atoms with E-state index < -0.39 is 0 Å². The smallest absolute Gasteiger partial charge is 0.224 e. The molecule has 0 aliphatic heterocycles. The maximum atomic E-state index is 11.5. The summed E-state index contributed by atoms with van der Waals surface area (Å²) in [5, 5.41) is 11.7. The summed E-state index contributed by atoms with van der Waals surface area (Å²) in [4.78, 5) is 11.5.